The summed E-state index contributed by atoms with van der Waals surface area (Å²) < 4.78 is 33.9. The second kappa shape index (κ2) is 3.25. The maximum atomic E-state index is 11.2. The summed E-state index contributed by atoms with van der Waals surface area (Å²) in [5.41, 5.74) is 0. The molecule has 0 bridgehead atoms. The maximum Gasteiger partial charge on any atom is 0.211 e. The molecule has 0 radical (unpaired) electrons. The minimum atomic E-state index is -3.17. The third-order valence-electron chi connectivity index (χ3n) is 1.11. The van der Waals surface area contributed by atoms with Crippen LogP contribution in [0.4, 0.5) is 0 Å². The van der Waals surface area contributed by atoms with Gasteiger partial charge < -0.3 is 4.57 Å². The smallest absolute Gasteiger partial charge is 0.211 e. The summed E-state index contributed by atoms with van der Waals surface area (Å²) in [5, 5.41) is 0. The van der Waals surface area contributed by atoms with Crippen LogP contribution < -0.4 is 0 Å². The Morgan fingerprint density at radius 1 is 1.36 bits per heavy atom. The van der Waals surface area contributed by atoms with Gasteiger partial charge in [0, 0.05) is 7.05 Å². The minimum absolute atomic E-state index is 0.117. The molecule has 0 saturated heterocycles. The molecule has 0 rings (SSSR count). The summed E-state index contributed by atoms with van der Waals surface area (Å²) in [6.45, 7) is 3.13. The highest BCUT2D eigenvalue weighted by molar-refractivity contribution is 7.88. The van der Waals surface area contributed by atoms with Crippen LogP contribution in [-0.4, -0.2) is 45.6 Å². The van der Waals surface area contributed by atoms with E-state index in [0.717, 1.165) is 10.6 Å². The van der Waals surface area contributed by atoms with Crippen LogP contribution in [-0.2, 0) is 14.6 Å². The van der Waals surface area contributed by atoms with Gasteiger partial charge in [0.25, 0.3) is 0 Å². The molecular formula is C5H14NO3PS. The van der Waals surface area contributed by atoms with Crippen molar-refractivity contribution in [3.63, 3.8) is 0 Å². The van der Waals surface area contributed by atoms with Crippen molar-refractivity contribution < 1.29 is 13.0 Å². The summed E-state index contributed by atoms with van der Waals surface area (Å²) in [7, 11) is -4.02. The second-order valence-electron chi connectivity index (χ2n) is 3.08. The zero-order valence-corrected chi connectivity index (χ0v) is 8.95. The van der Waals surface area contributed by atoms with Crippen molar-refractivity contribution in [3.8, 4) is 0 Å². The van der Waals surface area contributed by atoms with Crippen LogP contribution in [0.2, 0.25) is 0 Å². The van der Waals surface area contributed by atoms with Crippen LogP contribution >= 0.6 is 7.14 Å². The van der Waals surface area contributed by atoms with Crippen LogP contribution in [0.3, 0.4) is 0 Å². The summed E-state index contributed by atoms with van der Waals surface area (Å²) in [5.74, 6) is 0. The van der Waals surface area contributed by atoms with E-state index in [9.17, 15) is 13.0 Å². The van der Waals surface area contributed by atoms with E-state index in [-0.39, 0.29) is 6.29 Å². The SMILES string of the molecule is CN(CP(C)(C)=O)S(C)(=O)=O. The Morgan fingerprint density at radius 3 is 1.82 bits per heavy atom. The number of hydrogen-bond acceptors (Lipinski definition) is 3. The van der Waals surface area contributed by atoms with E-state index < -0.39 is 17.2 Å². The Hall–Kier alpha value is 0.140. The fourth-order valence-electron chi connectivity index (χ4n) is 0.584. The molecule has 0 unspecified atom stereocenters. The first-order chi connectivity index (χ1) is 4.63. The van der Waals surface area contributed by atoms with Crippen molar-refractivity contribution >= 4 is 17.2 Å². The molecule has 6 heteroatoms. The van der Waals surface area contributed by atoms with E-state index in [1.54, 1.807) is 13.3 Å². The molecule has 0 N–H and O–H groups in total. The predicted molar refractivity (Wildman–Crippen MR) is 46.9 cm³/mol. The molecule has 4 nitrogen and oxygen atoms in total. The molecule has 0 amide bonds. The Labute approximate surface area is 68.0 Å². The highest BCUT2D eigenvalue weighted by atomic mass is 32.2. The van der Waals surface area contributed by atoms with Gasteiger partial charge >= 0.3 is 0 Å². The molecule has 0 aromatic carbocycles. The second-order valence-corrected chi connectivity index (χ2v) is 8.60. The molecule has 0 aliphatic heterocycles. The molecule has 0 aromatic heterocycles. The van der Waals surface area contributed by atoms with Crippen molar-refractivity contribution in [1.82, 2.24) is 4.31 Å². The maximum absolute atomic E-state index is 11.2. The molecule has 0 aromatic rings. The highest BCUT2D eigenvalue weighted by Crippen LogP contribution is 2.36. The Bertz CT molecular complexity index is 265. The molecule has 11 heavy (non-hydrogen) atoms. The highest BCUT2D eigenvalue weighted by Gasteiger charge is 2.17. The van der Waals surface area contributed by atoms with Gasteiger partial charge in [-0.3, -0.25) is 0 Å². The lowest BCUT2D eigenvalue weighted by atomic mass is 11.2. The quantitative estimate of drug-likeness (QED) is 0.620. The van der Waals surface area contributed by atoms with Gasteiger partial charge in [-0.2, -0.15) is 4.31 Å². The lowest BCUT2D eigenvalue weighted by Gasteiger charge is -2.16. The Morgan fingerprint density at radius 2 is 1.73 bits per heavy atom. The van der Waals surface area contributed by atoms with Crippen molar-refractivity contribution in [2.24, 2.45) is 0 Å². The summed E-state index contributed by atoms with van der Waals surface area (Å²) in [4.78, 5) is 0. The van der Waals surface area contributed by atoms with Crippen LogP contribution in [0.5, 0.6) is 0 Å². The monoisotopic (exact) mass is 199 g/mol. The number of sulfonamides is 1. The zero-order chi connectivity index (χ0) is 9.28. The first kappa shape index (κ1) is 11.1. The largest absolute Gasteiger partial charge is 0.323 e. The number of nitrogens with zero attached hydrogens (tertiary/aromatic N) is 1. The van der Waals surface area contributed by atoms with E-state index in [1.807, 2.05) is 0 Å². The Balaban J connectivity index is 4.34. The normalized spacial score (nSPS) is 13.9. The minimum Gasteiger partial charge on any atom is -0.323 e. The summed E-state index contributed by atoms with van der Waals surface area (Å²) in [6, 6.07) is 0. The van der Waals surface area contributed by atoms with Gasteiger partial charge in [-0.25, -0.2) is 8.42 Å². The molecule has 0 aliphatic carbocycles. The van der Waals surface area contributed by atoms with Gasteiger partial charge in [-0.15, -0.1) is 0 Å². The van der Waals surface area contributed by atoms with E-state index >= 15 is 0 Å². The van der Waals surface area contributed by atoms with Gasteiger partial charge in [-0.1, -0.05) is 0 Å². The van der Waals surface area contributed by atoms with Gasteiger partial charge in [0.15, 0.2) is 0 Å². The van der Waals surface area contributed by atoms with Crippen molar-refractivity contribution in [1.29, 1.82) is 0 Å². The lowest BCUT2D eigenvalue weighted by molar-refractivity contribution is 0.504. The standard InChI is InChI=1S/C5H14NO3PS/c1-6(11(4,8)9)5-10(2,3)7/h5H2,1-4H3. The zero-order valence-electron chi connectivity index (χ0n) is 7.23. The number of hydrogen-bond donors (Lipinski definition) is 0. The van der Waals surface area contributed by atoms with Crippen molar-refractivity contribution in [3.05, 3.63) is 0 Å². The van der Waals surface area contributed by atoms with Crippen LogP contribution in [0.25, 0.3) is 0 Å². The lowest BCUT2D eigenvalue weighted by Crippen LogP contribution is -2.26. The summed E-state index contributed by atoms with van der Waals surface area (Å²) in [6.07, 6.45) is 1.22. The molecule has 0 spiro atoms. The van der Waals surface area contributed by atoms with E-state index in [4.69, 9.17) is 0 Å². The van der Waals surface area contributed by atoms with Crippen LogP contribution in [0.15, 0.2) is 0 Å². The van der Waals surface area contributed by atoms with Gasteiger partial charge in [0.1, 0.15) is 0 Å². The van der Waals surface area contributed by atoms with Gasteiger partial charge in [0.2, 0.25) is 10.0 Å². The fourth-order valence-corrected chi connectivity index (χ4v) is 3.22. The molecule has 0 aliphatic rings. The number of rotatable bonds is 3. The molecule has 68 valence electrons. The Kier molecular flexibility index (Phi) is 3.29. The summed E-state index contributed by atoms with van der Waals surface area (Å²) >= 11 is 0. The van der Waals surface area contributed by atoms with Crippen molar-refractivity contribution in [2.75, 3.05) is 32.9 Å². The first-order valence-electron chi connectivity index (χ1n) is 3.08. The third kappa shape index (κ3) is 5.41. The fraction of sp³-hybridized carbons (Fsp3) is 1.00. The molecule has 0 saturated carbocycles. The van der Waals surface area contributed by atoms with E-state index in [1.165, 1.54) is 7.05 Å². The molecule has 0 fully saturated rings. The van der Waals surface area contributed by atoms with Crippen LogP contribution in [0.1, 0.15) is 0 Å². The molecular weight excluding hydrogens is 185 g/mol. The third-order valence-corrected chi connectivity index (χ3v) is 3.66. The first-order valence-corrected chi connectivity index (χ1v) is 7.72. The predicted octanol–water partition coefficient (Wildman–Crippen LogP) is 0.458. The topological polar surface area (TPSA) is 54.5 Å². The van der Waals surface area contributed by atoms with Gasteiger partial charge in [-0.05, 0) is 13.3 Å². The van der Waals surface area contributed by atoms with Gasteiger partial charge in [0.05, 0.1) is 19.7 Å². The molecule has 0 heterocycles. The van der Waals surface area contributed by atoms with E-state index in [0.29, 0.717) is 0 Å². The average Bonchev–Trinajstić information content (AvgIpc) is 1.56. The van der Waals surface area contributed by atoms with E-state index in [2.05, 4.69) is 0 Å². The van der Waals surface area contributed by atoms with Crippen LogP contribution in [0, 0.1) is 0 Å². The van der Waals surface area contributed by atoms with Crippen molar-refractivity contribution in [2.45, 2.75) is 0 Å². The molecule has 0 atom stereocenters. The average molecular weight is 199 g/mol.